The second kappa shape index (κ2) is 5.51. The number of halogens is 1. The van der Waals surface area contributed by atoms with Gasteiger partial charge in [-0.1, -0.05) is 42.6 Å². The Bertz CT molecular complexity index is 367. The maximum Gasteiger partial charge on any atom is 0.143 e. The Balaban J connectivity index is 2.39. The van der Waals surface area contributed by atoms with Gasteiger partial charge in [-0.05, 0) is 25.7 Å². The van der Waals surface area contributed by atoms with Gasteiger partial charge in [0.15, 0.2) is 0 Å². The van der Waals surface area contributed by atoms with Crippen molar-refractivity contribution in [2.24, 2.45) is 0 Å². The molecule has 4 heteroatoms. The topological polar surface area (TPSA) is 30.7 Å². The van der Waals surface area contributed by atoms with E-state index in [9.17, 15) is 0 Å². The summed E-state index contributed by atoms with van der Waals surface area (Å²) in [6, 6.07) is 0. The van der Waals surface area contributed by atoms with E-state index in [2.05, 4.69) is 44.5 Å². The summed E-state index contributed by atoms with van der Waals surface area (Å²) in [6.07, 6.45) is 7.59. The average molecular weight is 300 g/mol. The molecule has 17 heavy (non-hydrogen) atoms. The molecule has 0 aromatic carbocycles. The third-order valence-corrected chi connectivity index (χ3v) is 4.61. The molecule has 1 aliphatic carbocycles. The van der Waals surface area contributed by atoms with Gasteiger partial charge in [0.25, 0.3) is 0 Å². The fourth-order valence-electron chi connectivity index (χ4n) is 3.07. The molecule has 1 aromatic rings. The van der Waals surface area contributed by atoms with E-state index in [0.717, 1.165) is 24.1 Å². The first-order valence-electron chi connectivity index (χ1n) is 6.76. The lowest BCUT2D eigenvalue weighted by Crippen LogP contribution is -2.26. The summed E-state index contributed by atoms with van der Waals surface area (Å²) in [5, 5.41) is 9.68. The quantitative estimate of drug-likeness (QED) is 0.774. The van der Waals surface area contributed by atoms with Crippen LogP contribution in [0, 0.1) is 0 Å². The summed E-state index contributed by atoms with van der Waals surface area (Å²) in [7, 11) is 0. The maximum absolute atomic E-state index is 4.51. The fraction of sp³-hybridized carbons (Fsp3) is 0.846. The van der Waals surface area contributed by atoms with Crippen LogP contribution in [-0.2, 0) is 17.3 Å². The minimum absolute atomic E-state index is 0.308. The molecule has 3 nitrogen and oxygen atoms in total. The molecule has 0 radical (unpaired) electrons. The molecule has 1 fully saturated rings. The lowest BCUT2D eigenvalue weighted by Gasteiger charge is -2.27. The van der Waals surface area contributed by atoms with E-state index in [0.29, 0.717) is 5.41 Å². The average Bonchev–Trinajstić information content (AvgIpc) is 2.96. The lowest BCUT2D eigenvalue weighted by molar-refractivity contribution is 0.375. The van der Waals surface area contributed by atoms with Gasteiger partial charge in [-0.3, -0.25) is 0 Å². The van der Waals surface area contributed by atoms with Crippen LogP contribution in [0.3, 0.4) is 0 Å². The van der Waals surface area contributed by atoms with Crippen molar-refractivity contribution in [3.63, 3.8) is 0 Å². The van der Waals surface area contributed by atoms with Gasteiger partial charge < -0.3 is 4.57 Å². The Morgan fingerprint density at radius 3 is 2.47 bits per heavy atom. The zero-order chi connectivity index (χ0) is 12.3. The summed E-state index contributed by atoms with van der Waals surface area (Å²) in [5.41, 5.74) is 0.308. The molecule has 1 heterocycles. The first-order valence-corrected chi connectivity index (χ1v) is 7.88. The lowest BCUT2D eigenvalue weighted by atomic mass is 9.82. The van der Waals surface area contributed by atoms with Crippen molar-refractivity contribution in [3.8, 4) is 0 Å². The van der Waals surface area contributed by atoms with Gasteiger partial charge in [-0.2, -0.15) is 0 Å². The van der Waals surface area contributed by atoms with E-state index in [1.807, 2.05) is 0 Å². The van der Waals surface area contributed by atoms with E-state index in [-0.39, 0.29) is 0 Å². The van der Waals surface area contributed by atoms with Gasteiger partial charge in [0.1, 0.15) is 11.6 Å². The molecular formula is C13H22BrN3. The molecule has 0 bridgehead atoms. The van der Waals surface area contributed by atoms with Gasteiger partial charge in [0.05, 0.1) is 5.33 Å². The smallest absolute Gasteiger partial charge is 0.143 e. The van der Waals surface area contributed by atoms with Crippen molar-refractivity contribution < 1.29 is 0 Å². The van der Waals surface area contributed by atoms with Crippen molar-refractivity contribution >= 4 is 15.9 Å². The predicted octanol–water partition coefficient (Wildman–Crippen LogP) is 3.80. The standard InChI is InChI=1S/C13H22BrN3/c1-3-9-17-11(10-14)15-16-12(17)13(4-2)7-5-6-8-13/h3-10H2,1-2H3. The minimum atomic E-state index is 0.308. The van der Waals surface area contributed by atoms with Crippen LogP contribution in [0.1, 0.15) is 64.0 Å². The summed E-state index contributed by atoms with van der Waals surface area (Å²) >= 11 is 3.52. The molecule has 0 saturated heterocycles. The second-order valence-electron chi connectivity index (χ2n) is 5.07. The van der Waals surface area contributed by atoms with Gasteiger partial charge in [0, 0.05) is 12.0 Å². The Labute approximate surface area is 112 Å². The summed E-state index contributed by atoms with van der Waals surface area (Å²) in [5.74, 6) is 2.33. The molecule has 96 valence electrons. The SMILES string of the molecule is CCCn1c(CBr)nnc1C1(CC)CCCC1. The van der Waals surface area contributed by atoms with Crippen LogP contribution in [-0.4, -0.2) is 14.8 Å². The van der Waals surface area contributed by atoms with Crippen LogP contribution in [0.4, 0.5) is 0 Å². The van der Waals surface area contributed by atoms with Crippen LogP contribution < -0.4 is 0 Å². The van der Waals surface area contributed by atoms with Gasteiger partial charge in [-0.15, -0.1) is 10.2 Å². The largest absolute Gasteiger partial charge is 0.314 e. The molecule has 2 rings (SSSR count). The molecule has 1 saturated carbocycles. The fourth-order valence-corrected chi connectivity index (χ4v) is 3.49. The van der Waals surface area contributed by atoms with Crippen molar-refractivity contribution in [2.75, 3.05) is 0 Å². The number of nitrogens with zero attached hydrogens (tertiary/aromatic N) is 3. The number of aromatic nitrogens is 3. The van der Waals surface area contributed by atoms with Crippen LogP contribution >= 0.6 is 15.9 Å². The number of hydrogen-bond acceptors (Lipinski definition) is 2. The zero-order valence-corrected chi connectivity index (χ0v) is 12.5. The van der Waals surface area contributed by atoms with Gasteiger partial charge in [-0.25, -0.2) is 0 Å². The Kier molecular flexibility index (Phi) is 4.23. The Morgan fingerprint density at radius 1 is 1.24 bits per heavy atom. The number of alkyl halides is 1. The maximum atomic E-state index is 4.51. The number of hydrogen-bond donors (Lipinski definition) is 0. The Morgan fingerprint density at radius 2 is 1.94 bits per heavy atom. The molecule has 0 unspecified atom stereocenters. The molecular weight excluding hydrogens is 278 g/mol. The van der Waals surface area contributed by atoms with Crippen molar-refractivity contribution in [3.05, 3.63) is 11.6 Å². The highest BCUT2D eigenvalue weighted by molar-refractivity contribution is 9.08. The van der Waals surface area contributed by atoms with E-state index in [4.69, 9.17) is 0 Å². The van der Waals surface area contributed by atoms with E-state index < -0.39 is 0 Å². The highest BCUT2D eigenvalue weighted by Crippen LogP contribution is 2.43. The molecule has 0 spiro atoms. The molecule has 0 N–H and O–H groups in total. The van der Waals surface area contributed by atoms with Crippen LogP contribution in [0.25, 0.3) is 0 Å². The summed E-state index contributed by atoms with van der Waals surface area (Å²) in [6.45, 7) is 5.56. The highest BCUT2D eigenvalue weighted by Gasteiger charge is 2.38. The van der Waals surface area contributed by atoms with Crippen LogP contribution in [0.15, 0.2) is 0 Å². The van der Waals surface area contributed by atoms with Crippen molar-refractivity contribution in [1.29, 1.82) is 0 Å². The normalized spacial score (nSPS) is 18.8. The molecule has 1 aliphatic rings. The first kappa shape index (κ1) is 13.1. The van der Waals surface area contributed by atoms with E-state index in [1.54, 1.807) is 0 Å². The third-order valence-electron chi connectivity index (χ3n) is 4.11. The van der Waals surface area contributed by atoms with Gasteiger partial charge >= 0.3 is 0 Å². The molecule has 0 atom stereocenters. The van der Waals surface area contributed by atoms with Crippen molar-refractivity contribution in [1.82, 2.24) is 14.8 Å². The summed E-state index contributed by atoms with van der Waals surface area (Å²) in [4.78, 5) is 0. The van der Waals surface area contributed by atoms with E-state index >= 15 is 0 Å². The van der Waals surface area contributed by atoms with Crippen LogP contribution in [0.5, 0.6) is 0 Å². The molecule has 0 aliphatic heterocycles. The van der Waals surface area contributed by atoms with Gasteiger partial charge in [0.2, 0.25) is 0 Å². The second-order valence-corrected chi connectivity index (χ2v) is 5.63. The van der Waals surface area contributed by atoms with E-state index in [1.165, 1.54) is 37.9 Å². The molecule has 1 aromatic heterocycles. The Hall–Kier alpha value is -0.380. The first-order chi connectivity index (χ1) is 8.27. The number of rotatable bonds is 5. The van der Waals surface area contributed by atoms with Crippen molar-refractivity contribution in [2.45, 2.75) is 69.7 Å². The highest BCUT2D eigenvalue weighted by atomic mass is 79.9. The van der Waals surface area contributed by atoms with Crippen LogP contribution in [0.2, 0.25) is 0 Å². The minimum Gasteiger partial charge on any atom is -0.314 e. The predicted molar refractivity (Wildman–Crippen MR) is 73.4 cm³/mol. The molecule has 0 amide bonds. The zero-order valence-electron chi connectivity index (χ0n) is 10.9. The monoisotopic (exact) mass is 299 g/mol. The summed E-state index contributed by atoms with van der Waals surface area (Å²) < 4.78 is 2.35. The third kappa shape index (κ3) is 2.28.